The summed E-state index contributed by atoms with van der Waals surface area (Å²) in [5.74, 6) is 0. The molecule has 17 heavy (non-hydrogen) atoms. The Hall–Kier alpha value is -0.450. The molecule has 0 saturated carbocycles. The van der Waals surface area contributed by atoms with Gasteiger partial charge in [-0.3, -0.25) is 0 Å². The summed E-state index contributed by atoms with van der Waals surface area (Å²) in [5, 5.41) is 3.34. The van der Waals surface area contributed by atoms with Crippen LogP contribution in [0.3, 0.4) is 0 Å². The molecule has 1 aliphatic heterocycles. The molecule has 0 radical (unpaired) electrons. The molecule has 96 valence electrons. The molecule has 1 unspecified atom stereocenters. The van der Waals surface area contributed by atoms with Gasteiger partial charge in [0.05, 0.1) is 10.7 Å². The van der Waals surface area contributed by atoms with Gasteiger partial charge in [0, 0.05) is 24.4 Å². The van der Waals surface area contributed by atoms with Crippen molar-refractivity contribution in [3.63, 3.8) is 0 Å². The number of hydrogen-bond acceptors (Lipinski definition) is 4. The third-order valence-electron chi connectivity index (χ3n) is 3.38. The second-order valence-corrected chi connectivity index (χ2v) is 5.90. The van der Waals surface area contributed by atoms with Crippen LogP contribution in [0, 0.1) is 0 Å². The minimum Gasteiger partial charge on any atom is -0.323 e. The standard InChI is InChI=1S/C13H23N3S/c1-11(14)12-10-17-13(15-12)6-9-16-7-4-2-3-5-8-16/h10-11H,2-9,14H2,1H3. The fourth-order valence-corrected chi connectivity index (χ4v) is 3.15. The summed E-state index contributed by atoms with van der Waals surface area (Å²) in [6.07, 6.45) is 6.62. The second-order valence-electron chi connectivity index (χ2n) is 4.96. The van der Waals surface area contributed by atoms with E-state index < -0.39 is 0 Å². The van der Waals surface area contributed by atoms with E-state index in [-0.39, 0.29) is 6.04 Å². The smallest absolute Gasteiger partial charge is 0.0941 e. The summed E-state index contributed by atoms with van der Waals surface area (Å²) >= 11 is 1.75. The Balaban J connectivity index is 1.79. The molecule has 1 aliphatic rings. The lowest BCUT2D eigenvalue weighted by Crippen LogP contribution is -2.26. The minimum absolute atomic E-state index is 0.0678. The summed E-state index contributed by atoms with van der Waals surface area (Å²) in [6.45, 7) is 5.69. The van der Waals surface area contributed by atoms with Crippen LogP contribution in [0.4, 0.5) is 0 Å². The average molecular weight is 253 g/mol. The lowest BCUT2D eigenvalue weighted by Gasteiger charge is -2.18. The van der Waals surface area contributed by atoms with Gasteiger partial charge in [0.2, 0.25) is 0 Å². The van der Waals surface area contributed by atoms with Crippen molar-refractivity contribution in [2.75, 3.05) is 19.6 Å². The molecule has 2 heterocycles. The zero-order chi connectivity index (χ0) is 12.1. The second kappa shape index (κ2) is 6.47. The Morgan fingerprint density at radius 1 is 1.35 bits per heavy atom. The van der Waals surface area contributed by atoms with E-state index in [0.717, 1.165) is 18.7 Å². The van der Waals surface area contributed by atoms with Crippen LogP contribution in [0.25, 0.3) is 0 Å². The molecular weight excluding hydrogens is 230 g/mol. The van der Waals surface area contributed by atoms with Gasteiger partial charge in [0.25, 0.3) is 0 Å². The molecule has 2 N–H and O–H groups in total. The van der Waals surface area contributed by atoms with E-state index in [9.17, 15) is 0 Å². The van der Waals surface area contributed by atoms with Crippen LogP contribution in [0.1, 0.15) is 49.4 Å². The molecule has 0 aromatic carbocycles. The molecule has 0 spiro atoms. The van der Waals surface area contributed by atoms with E-state index in [1.807, 2.05) is 6.92 Å². The molecule has 0 bridgehead atoms. The monoisotopic (exact) mass is 253 g/mol. The van der Waals surface area contributed by atoms with Crippen LogP contribution in [0.2, 0.25) is 0 Å². The summed E-state index contributed by atoms with van der Waals surface area (Å²) < 4.78 is 0. The summed E-state index contributed by atoms with van der Waals surface area (Å²) in [5.41, 5.74) is 6.86. The lowest BCUT2D eigenvalue weighted by atomic mass is 10.2. The van der Waals surface area contributed by atoms with Crippen molar-refractivity contribution in [3.8, 4) is 0 Å². The van der Waals surface area contributed by atoms with E-state index in [2.05, 4.69) is 15.3 Å². The third kappa shape index (κ3) is 4.05. The van der Waals surface area contributed by atoms with E-state index in [4.69, 9.17) is 5.73 Å². The number of thiazole rings is 1. The topological polar surface area (TPSA) is 42.1 Å². The van der Waals surface area contributed by atoms with Gasteiger partial charge in [-0.1, -0.05) is 12.8 Å². The molecule has 0 aliphatic carbocycles. The first-order valence-corrected chi connectivity index (χ1v) is 7.56. The van der Waals surface area contributed by atoms with Gasteiger partial charge in [-0.15, -0.1) is 11.3 Å². The molecule has 1 aromatic heterocycles. The number of nitrogens with two attached hydrogens (primary N) is 1. The molecular formula is C13H23N3S. The summed E-state index contributed by atoms with van der Waals surface area (Å²) in [6, 6.07) is 0.0678. The van der Waals surface area contributed by atoms with Gasteiger partial charge in [-0.2, -0.15) is 0 Å². The Kier molecular flexibility index (Phi) is 4.95. The van der Waals surface area contributed by atoms with Gasteiger partial charge >= 0.3 is 0 Å². The highest BCUT2D eigenvalue weighted by molar-refractivity contribution is 7.09. The van der Waals surface area contributed by atoms with Crippen LogP contribution >= 0.6 is 11.3 Å². The van der Waals surface area contributed by atoms with Crippen LogP contribution in [0.15, 0.2) is 5.38 Å². The molecule has 1 atom stereocenters. The molecule has 0 amide bonds. The predicted octanol–water partition coefficient (Wildman–Crippen LogP) is 2.58. The Bertz CT molecular complexity index is 327. The minimum atomic E-state index is 0.0678. The fraction of sp³-hybridized carbons (Fsp3) is 0.769. The number of aromatic nitrogens is 1. The highest BCUT2D eigenvalue weighted by Gasteiger charge is 2.10. The number of rotatable bonds is 4. The van der Waals surface area contributed by atoms with Gasteiger partial charge in [0.15, 0.2) is 0 Å². The van der Waals surface area contributed by atoms with Gasteiger partial charge in [0.1, 0.15) is 0 Å². The van der Waals surface area contributed by atoms with Gasteiger partial charge < -0.3 is 10.6 Å². The maximum Gasteiger partial charge on any atom is 0.0941 e. The third-order valence-corrected chi connectivity index (χ3v) is 4.30. The Labute approximate surface area is 108 Å². The molecule has 3 nitrogen and oxygen atoms in total. The van der Waals surface area contributed by atoms with Crippen LogP contribution in [0.5, 0.6) is 0 Å². The normalized spacial score (nSPS) is 20.1. The SMILES string of the molecule is CC(N)c1csc(CCN2CCCCCC2)n1. The van der Waals surface area contributed by atoms with E-state index in [1.54, 1.807) is 11.3 Å². The first-order chi connectivity index (χ1) is 8.25. The largest absolute Gasteiger partial charge is 0.323 e. The van der Waals surface area contributed by atoms with Crippen molar-refractivity contribution in [3.05, 3.63) is 16.1 Å². The van der Waals surface area contributed by atoms with Crippen molar-refractivity contribution in [2.24, 2.45) is 5.73 Å². The number of likely N-dealkylation sites (tertiary alicyclic amines) is 1. The Morgan fingerprint density at radius 2 is 2.06 bits per heavy atom. The van der Waals surface area contributed by atoms with Crippen molar-refractivity contribution in [2.45, 2.75) is 45.1 Å². The van der Waals surface area contributed by atoms with Crippen molar-refractivity contribution < 1.29 is 0 Å². The highest BCUT2D eigenvalue weighted by atomic mass is 32.1. The zero-order valence-electron chi connectivity index (χ0n) is 10.7. The maximum atomic E-state index is 5.82. The number of nitrogens with zero attached hydrogens (tertiary/aromatic N) is 2. The van der Waals surface area contributed by atoms with Gasteiger partial charge in [-0.25, -0.2) is 4.98 Å². The first-order valence-electron chi connectivity index (χ1n) is 6.68. The zero-order valence-corrected chi connectivity index (χ0v) is 11.5. The van der Waals surface area contributed by atoms with E-state index in [1.165, 1.54) is 43.8 Å². The lowest BCUT2D eigenvalue weighted by molar-refractivity contribution is 0.288. The van der Waals surface area contributed by atoms with Gasteiger partial charge in [-0.05, 0) is 32.9 Å². The summed E-state index contributed by atoms with van der Waals surface area (Å²) in [7, 11) is 0. The first kappa shape index (κ1) is 13.0. The number of hydrogen-bond donors (Lipinski definition) is 1. The highest BCUT2D eigenvalue weighted by Crippen LogP contribution is 2.16. The predicted molar refractivity (Wildman–Crippen MR) is 73.3 cm³/mol. The van der Waals surface area contributed by atoms with Crippen molar-refractivity contribution >= 4 is 11.3 Å². The average Bonchev–Trinajstić information content (AvgIpc) is 2.63. The van der Waals surface area contributed by atoms with E-state index in [0.29, 0.717) is 0 Å². The van der Waals surface area contributed by atoms with Crippen molar-refractivity contribution in [1.82, 2.24) is 9.88 Å². The van der Waals surface area contributed by atoms with Crippen LogP contribution in [-0.2, 0) is 6.42 Å². The maximum absolute atomic E-state index is 5.82. The van der Waals surface area contributed by atoms with E-state index >= 15 is 0 Å². The summed E-state index contributed by atoms with van der Waals surface area (Å²) in [4.78, 5) is 7.17. The fourth-order valence-electron chi connectivity index (χ4n) is 2.26. The van der Waals surface area contributed by atoms with Crippen LogP contribution in [-0.4, -0.2) is 29.5 Å². The molecule has 4 heteroatoms. The molecule has 1 fully saturated rings. The molecule has 1 saturated heterocycles. The van der Waals surface area contributed by atoms with Crippen LogP contribution < -0.4 is 5.73 Å². The molecule has 2 rings (SSSR count). The Morgan fingerprint density at radius 3 is 2.65 bits per heavy atom. The van der Waals surface area contributed by atoms with Crippen molar-refractivity contribution in [1.29, 1.82) is 0 Å². The quantitative estimate of drug-likeness (QED) is 0.897. The molecule has 1 aromatic rings.